The highest BCUT2D eigenvalue weighted by molar-refractivity contribution is 5.39. The van der Waals surface area contributed by atoms with E-state index >= 15 is 0 Å². The van der Waals surface area contributed by atoms with Gasteiger partial charge >= 0.3 is 6.18 Å². The standard InChI is InChI=1S/C12H13F3O2/c13-12(14,15)10-4-3-9(6-16)5-11(10)17-7-8-1-2-8/h3-5,8,16H,1-2,6-7H2. The van der Waals surface area contributed by atoms with E-state index in [1.54, 1.807) is 0 Å². The van der Waals surface area contributed by atoms with Gasteiger partial charge in [0.15, 0.2) is 0 Å². The maximum absolute atomic E-state index is 12.7. The van der Waals surface area contributed by atoms with Crippen molar-refractivity contribution < 1.29 is 23.0 Å². The average Bonchev–Trinajstić information content (AvgIpc) is 3.08. The van der Waals surface area contributed by atoms with Crippen molar-refractivity contribution in [2.75, 3.05) is 6.61 Å². The van der Waals surface area contributed by atoms with Crippen LogP contribution in [0.25, 0.3) is 0 Å². The molecular weight excluding hydrogens is 233 g/mol. The fourth-order valence-electron chi connectivity index (χ4n) is 1.51. The molecule has 0 atom stereocenters. The maximum atomic E-state index is 12.7. The minimum absolute atomic E-state index is 0.184. The van der Waals surface area contributed by atoms with Gasteiger partial charge in [0.1, 0.15) is 5.75 Å². The van der Waals surface area contributed by atoms with Crippen molar-refractivity contribution in [2.45, 2.75) is 25.6 Å². The van der Waals surface area contributed by atoms with Crippen LogP contribution in [0.15, 0.2) is 18.2 Å². The zero-order chi connectivity index (χ0) is 12.5. The largest absolute Gasteiger partial charge is 0.493 e. The quantitative estimate of drug-likeness (QED) is 0.885. The molecule has 1 N–H and O–H groups in total. The minimum Gasteiger partial charge on any atom is -0.493 e. The molecule has 0 heterocycles. The Hall–Kier alpha value is -1.23. The summed E-state index contributed by atoms with van der Waals surface area (Å²) in [5.74, 6) is 0.199. The van der Waals surface area contributed by atoms with E-state index in [0.29, 0.717) is 18.1 Å². The third-order valence-corrected chi connectivity index (χ3v) is 2.71. The second kappa shape index (κ2) is 4.56. The van der Waals surface area contributed by atoms with Crippen LogP contribution in [0.3, 0.4) is 0 Å². The summed E-state index contributed by atoms with van der Waals surface area (Å²) in [7, 11) is 0. The molecule has 1 aliphatic rings. The Morgan fingerprint density at radius 3 is 2.53 bits per heavy atom. The van der Waals surface area contributed by atoms with Gasteiger partial charge in [-0.05, 0) is 36.5 Å². The van der Waals surface area contributed by atoms with Crippen LogP contribution >= 0.6 is 0 Å². The second-order valence-electron chi connectivity index (χ2n) is 4.24. The van der Waals surface area contributed by atoms with Crippen LogP contribution in [0.4, 0.5) is 13.2 Å². The Balaban J connectivity index is 2.22. The number of halogens is 3. The number of benzene rings is 1. The molecule has 2 rings (SSSR count). The summed E-state index contributed by atoms with van der Waals surface area (Å²) in [6, 6.07) is 3.46. The van der Waals surface area contributed by atoms with Crippen LogP contribution in [0, 0.1) is 5.92 Å². The number of rotatable bonds is 4. The van der Waals surface area contributed by atoms with Gasteiger partial charge in [0.25, 0.3) is 0 Å². The molecule has 0 saturated heterocycles. The summed E-state index contributed by atoms with van der Waals surface area (Å²) in [6.45, 7) is 0.0237. The monoisotopic (exact) mass is 246 g/mol. The van der Waals surface area contributed by atoms with Crippen LogP contribution in [0.2, 0.25) is 0 Å². The fourth-order valence-corrected chi connectivity index (χ4v) is 1.51. The van der Waals surface area contributed by atoms with Crippen LogP contribution in [0.5, 0.6) is 5.75 Å². The van der Waals surface area contributed by atoms with Crippen LogP contribution < -0.4 is 4.74 Å². The third-order valence-electron chi connectivity index (χ3n) is 2.71. The third kappa shape index (κ3) is 3.12. The average molecular weight is 246 g/mol. The van der Waals surface area contributed by atoms with Gasteiger partial charge < -0.3 is 9.84 Å². The highest BCUT2D eigenvalue weighted by atomic mass is 19.4. The highest BCUT2D eigenvalue weighted by Crippen LogP contribution is 2.38. The molecule has 1 saturated carbocycles. The van der Waals surface area contributed by atoms with Gasteiger partial charge in [0.05, 0.1) is 18.8 Å². The van der Waals surface area contributed by atoms with Crippen molar-refractivity contribution in [3.05, 3.63) is 29.3 Å². The molecule has 0 aromatic heterocycles. The lowest BCUT2D eigenvalue weighted by atomic mass is 10.1. The molecule has 94 valence electrons. The number of hydrogen-bond donors (Lipinski definition) is 1. The van der Waals surface area contributed by atoms with Crippen molar-refractivity contribution >= 4 is 0 Å². The van der Waals surface area contributed by atoms with E-state index < -0.39 is 11.7 Å². The van der Waals surface area contributed by atoms with Gasteiger partial charge in [0.2, 0.25) is 0 Å². The van der Waals surface area contributed by atoms with Crippen molar-refractivity contribution in [3.63, 3.8) is 0 Å². The number of aliphatic hydroxyl groups is 1. The van der Waals surface area contributed by atoms with E-state index in [9.17, 15) is 13.2 Å². The molecule has 1 aromatic carbocycles. The van der Waals surface area contributed by atoms with Crippen LogP contribution in [0.1, 0.15) is 24.0 Å². The number of alkyl halides is 3. The Morgan fingerprint density at radius 2 is 2.00 bits per heavy atom. The topological polar surface area (TPSA) is 29.5 Å². The molecule has 17 heavy (non-hydrogen) atoms. The molecule has 0 unspecified atom stereocenters. The molecule has 0 amide bonds. The molecule has 5 heteroatoms. The Morgan fingerprint density at radius 1 is 1.29 bits per heavy atom. The molecule has 0 radical (unpaired) electrons. The predicted octanol–water partition coefficient (Wildman–Crippen LogP) is 2.99. The van der Waals surface area contributed by atoms with Gasteiger partial charge in [-0.15, -0.1) is 0 Å². The summed E-state index contributed by atoms with van der Waals surface area (Å²) in [4.78, 5) is 0. The van der Waals surface area contributed by atoms with Crippen molar-refractivity contribution in [1.82, 2.24) is 0 Å². The first-order chi connectivity index (χ1) is 8.00. The van der Waals surface area contributed by atoms with E-state index in [1.165, 1.54) is 12.1 Å². The smallest absolute Gasteiger partial charge is 0.419 e. The molecule has 1 aromatic rings. The highest BCUT2D eigenvalue weighted by Gasteiger charge is 2.35. The van der Waals surface area contributed by atoms with Crippen molar-refractivity contribution in [3.8, 4) is 5.75 Å². The Bertz CT molecular complexity index is 397. The summed E-state index contributed by atoms with van der Waals surface area (Å²) >= 11 is 0. The molecule has 0 spiro atoms. The number of aliphatic hydroxyl groups excluding tert-OH is 1. The van der Waals surface area contributed by atoms with E-state index in [4.69, 9.17) is 9.84 Å². The lowest BCUT2D eigenvalue weighted by Crippen LogP contribution is -2.10. The molecule has 0 bridgehead atoms. The van der Waals surface area contributed by atoms with E-state index in [0.717, 1.165) is 18.9 Å². The summed E-state index contributed by atoms with van der Waals surface area (Å²) in [6.07, 6.45) is -2.39. The van der Waals surface area contributed by atoms with Crippen molar-refractivity contribution in [2.24, 2.45) is 5.92 Å². The first-order valence-electron chi connectivity index (χ1n) is 5.44. The summed E-state index contributed by atoms with van der Waals surface area (Å²) in [5.41, 5.74) is -0.362. The minimum atomic E-state index is -4.42. The van der Waals surface area contributed by atoms with Gasteiger partial charge in [0, 0.05) is 0 Å². The molecule has 1 fully saturated rings. The maximum Gasteiger partial charge on any atom is 0.419 e. The summed E-state index contributed by atoms with van der Waals surface area (Å²) < 4.78 is 43.2. The number of hydrogen-bond acceptors (Lipinski definition) is 2. The lowest BCUT2D eigenvalue weighted by Gasteiger charge is -2.14. The first kappa shape index (κ1) is 12.2. The normalized spacial score (nSPS) is 16.0. The van der Waals surface area contributed by atoms with Gasteiger partial charge in [-0.25, -0.2) is 0 Å². The van der Waals surface area contributed by atoms with Crippen molar-refractivity contribution in [1.29, 1.82) is 0 Å². The van der Waals surface area contributed by atoms with E-state index in [1.807, 2.05) is 0 Å². The van der Waals surface area contributed by atoms with Gasteiger partial charge in [-0.2, -0.15) is 13.2 Å². The van der Waals surface area contributed by atoms with E-state index in [2.05, 4.69) is 0 Å². The Labute approximate surface area is 97.0 Å². The Kier molecular flexibility index (Phi) is 3.28. The van der Waals surface area contributed by atoms with Gasteiger partial charge in [-0.1, -0.05) is 6.07 Å². The SMILES string of the molecule is OCc1ccc(C(F)(F)F)c(OCC2CC2)c1. The molecule has 1 aliphatic carbocycles. The predicted molar refractivity (Wildman–Crippen MR) is 55.6 cm³/mol. The second-order valence-corrected chi connectivity index (χ2v) is 4.24. The fraction of sp³-hybridized carbons (Fsp3) is 0.500. The molecular formula is C12H13F3O2. The van der Waals surface area contributed by atoms with Crippen LogP contribution in [-0.4, -0.2) is 11.7 Å². The van der Waals surface area contributed by atoms with E-state index in [-0.39, 0.29) is 12.4 Å². The zero-order valence-electron chi connectivity index (χ0n) is 9.13. The molecule has 0 aliphatic heterocycles. The first-order valence-corrected chi connectivity index (χ1v) is 5.44. The van der Waals surface area contributed by atoms with Gasteiger partial charge in [-0.3, -0.25) is 0 Å². The lowest BCUT2D eigenvalue weighted by molar-refractivity contribution is -0.139. The number of ether oxygens (including phenoxy) is 1. The zero-order valence-corrected chi connectivity index (χ0v) is 9.13. The van der Waals surface area contributed by atoms with Crippen LogP contribution in [-0.2, 0) is 12.8 Å². The summed E-state index contributed by atoms with van der Waals surface area (Å²) in [5, 5.41) is 8.91. The molecule has 2 nitrogen and oxygen atoms in total.